The van der Waals surface area contributed by atoms with Gasteiger partial charge < -0.3 is 9.26 Å². The number of methoxy groups -OCH3 is 1. The molecular weight excluding hydrogens is 366 g/mol. The van der Waals surface area contributed by atoms with Gasteiger partial charge in [0.05, 0.1) is 12.0 Å². The lowest BCUT2D eigenvalue weighted by atomic mass is 10.1. The van der Waals surface area contributed by atoms with Crippen LogP contribution in [-0.2, 0) is 16.4 Å². The van der Waals surface area contributed by atoms with Gasteiger partial charge in [-0.15, -0.1) is 0 Å². The van der Waals surface area contributed by atoms with Crippen molar-refractivity contribution in [2.45, 2.75) is 25.2 Å². The number of nitrogens with one attached hydrogen (secondary N) is 1. The maximum atomic E-state index is 12.4. The van der Waals surface area contributed by atoms with Crippen molar-refractivity contribution in [1.29, 1.82) is 0 Å². The molecule has 0 unspecified atom stereocenters. The summed E-state index contributed by atoms with van der Waals surface area (Å²) in [6.07, 6.45) is 0.293. The quantitative estimate of drug-likeness (QED) is 0.670. The van der Waals surface area contributed by atoms with E-state index in [4.69, 9.17) is 9.26 Å². The van der Waals surface area contributed by atoms with Crippen molar-refractivity contribution in [3.63, 3.8) is 0 Å². The Labute approximate surface area is 158 Å². The molecule has 0 atom stereocenters. The number of benzene rings is 2. The predicted molar refractivity (Wildman–Crippen MR) is 101 cm³/mol. The molecule has 0 fully saturated rings. The van der Waals surface area contributed by atoms with Crippen molar-refractivity contribution in [1.82, 2.24) is 14.9 Å². The van der Waals surface area contributed by atoms with E-state index < -0.39 is 10.0 Å². The van der Waals surface area contributed by atoms with E-state index in [1.165, 1.54) is 0 Å². The fourth-order valence-corrected chi connectivity index (χ4v) is 3.61. The van der Waals surface area contributed by atoms with E-state index in [1.54, 1.807) is 31.4 Å². The molecule has 142 valence electrons. The summed E-state index contributed by atoms with van der Waals surface area (Å²) in [5.74, 6) is 1.48. The number of hydrogen-bond acceptors (Lipinski definition) is 6. The van der Waals surface area contributed by atoms with Crippen LogP contribution in [0.1, 0.15) is 17.0 Å². The number of ether oxygens (including phenoxy) is 1. The van der Waals surface area contributed by atoms with Crippen molar-refractivity contribution in [2.24, 2.45) is 0 Å². The molecule has 1 aromatic heterocycles. The minimum Gasteiger partial charge on any atom is -0.497 e. The summed E-state index contributed by atoms with van der Waals surface area (Å²) in [6, 6.07) is 12.4. The van der Waals surface area contributed by atoms with Crippen LogP contribution in [0.3, 0.4) is 0 Å². The second-order valence-corrected chi connectivity index (χ2v) is 7.90. The van der Waals surface area contributed by atoms with Crippen LogP contribution in [0.5, 0.6) is 5.75 Å². The predicted octanol–water partition coefficient (Wildman–Crippen LogP) is 2.88. The fourth-order valence-electron chi connectivity index (χ4n) is 2.49. The van der Waals surface area contributed by atoms with E-state index >= 15 is 0 Å². The molecule has 0 radical (unpaired) electrons. The van der Waals surface area contributed by atoms with Crippen LogP contribution in [0.25, 0.3) is 11.4 Å². The summed E-state index contributed by atoms with van der Waals surface area (Å²) in [5, 5.41) is 3.94. The van der Waals surface area contributed by atoms with E-state index in [0.717, 1.165) is 16.7 Å². The molecule has 1 N–H and O–H groups in total. The zero-order valence-corrected chi connectivity index (χ0v) is 16.2. The number of nitrogens with zero attached hydrogens (tertiary/aromatic N) is 2. The second kappa shape index (κ2) is 7.89. The first-order valence-electron chi connectivity index (χ1n) is 8.43. The minimum atomic E-state index is -3.58. The zero-order valence-electron chi connectivity index (χ0n) is 15.4. The summed E-state index contributed by atoms with van der Waals surface area (Å²) in [4.78, 5) is 4.55. The molecule has 1 heterocycles. The third-order valence-corrected chi connectivity index (χ3v) is 5.67. The molecule has 0 aliphatic heterocycles. The Morgan fingerprint density at radius 3 is 2.67 bits per heavy atom. The molecule has 0 amide bonds. The van der Waals surface area contributed by atoms with Gasteiger partial charge in [0.15, 0.2) is 0 Å². The van der Waals surface area contributed by atoms with E-state index in [-0.39, 0.29) is 11.4 Å². The lowest BCUT2D eigenvalue weighted by molar-refractivity contribution is 0.379. The molecule has 0 aliphatic rings. The molecule has 0 saturated heterocycles. The van der Waals surface area contributed by atoms with Gasteiger partial charge >= 0.3 is 0 Å². The van der Waals surface area contributed by atoms with Gasteiger partial charge in [-0.05, 0) is 49.2 Å². The first-order valence-corrected chi connectivity index (χ1v) is 9.91. The van der Waals surface area contributed by atoms with E-state index in [1.807, 2.05) is 32.0 Å². The van der Waals surface area contributed by atoms with E-state index in [2.05, 4.69) is 14.9 Å². The SMILES string of the molecule is COc1cccc(-c2noc(CCNS(=O)(=O)c3ccc(C)c(C)c3)n2)c1. The van der Waals surface area contributed by atoms with Crippen molar-refractivity contribution < 1.29 is 17.7 Å². The Hall–Kier alpha value is -2.71. The summed E-state index contributed by atoms with van der Waals surface area (Å²) < 4.78 is 37.7. The Balaban J connectivity index is 1.64. The third kappa shape index (κ3) is 4.53. The average Bonchev–Trinajstić information content (AvgIpc) is 3.12. The molecule has 0 spiro atoms. The van der Waals surface area contributed by atoms with Gasteiger partial charge in [0.2, 0.25) is 21.7 Å². The molecule has 7 nitrogen and oxygen atoms in total. The van der Waals surface area contributed by atoms with Crippen molar-refractivity contribution >= 4 is 10.0 Å². The highest BCUT2D eigenvalue weighted by Crippen LogP contribution is 2.21. The summed E-state index contributed by atoms with van der Waals surface area (Å²) in [6.45, 7) is 3.98. The Bertz CT molecular complexity index is 1040. The molecule has 0 bridgehead atoms. The van der Waals surface area contributed by atoms with Crippen LogP contribution in [0.15, 0.2) is 51.9 Å². The Kier molecular flexibility index (Phi) is 5.57. The van der Waals surface area contributed by atoms with Gasteiger partial charge in [0, 0.05) is 18.5 Å². The summed E-state index contributed by atoms with van der Waals surface area (Å²) in [7, 11) is -1.99. The maximum Gasteiger partial charge on any atom is 0.240 e. The van der Waals surface area contributed by atoms with Crippen LogP contribution >= 0.6 is 0 Å². The number of rotatable bonds is 7. The molecule has 3 rings (SSSR count). The van der Waals surface area contributed by atoms with Crippen molar-refractivity contribution in [2.75, 3.05) is 13.7 Å². The minimum absolute atomic E-state index is 0.162. The van der Waals surface area contributed by atoms with Gasteiger partial charge in [-0.1, -0.05) is 23.4 Å². The molecular formula is C19H21N3O4S. The Morgan fingerprint density at radius 2 is 1.93 bits per heavy atom. The molecule has 0 aliphatic carbocycles. The standard InChI is InChI=1S/C19H21N3O4S/c1-13-7-8-17(11-14(13)2)27(23,24)20-10-9-18-21-19(22-26-18)15-5-4-6-16(12-15)25-3/h4-8,11-12,20H,9-10H2,1-3H3. The smallest absolute Gasteiger partial charge is 0.240 e. The normalized spacial score (nSPS) is 11.5. The molecule has 0 saturated carbocycles. The molecule has 8 heteroatoms. The van der Waals surface area contributed by atoms with Crippen LogP contribution in [-0.4, -0.2) is 32.2 Å². The van der Waals surface area contributed by atoms with Gasteiger partial charge in [0.1, 0.15) is 5.75 Å². The highest BCUT2D eigenvalue weighted by atomic mass is 32.2. The fraction of sp³-hybridized carbons (Fsp3) is 0.263. The largest absolute Gasteiger partial charge is 0.497 e. The first-order chi connectivity index (χ1) is 12.9. The van der Waals surface area contributed by atoms with Gasteiger partial charge in [0.25, 0.3) is 0 Å². The lowest BCUT2D eigenvalue weighted by Crippen LogP contribution is -2.26. The zero-order chi connectivity index (χ0) is 19.4. The number of sulfonamides is 1. The van der Waals surface area contributed by atoms with Crippen LogP contribution < -0.4 is 9.46 Å². The van der Waals surface area contributed by atoms with Crippen molar-refractivity contribution in [3.8, 4) is 17.1 Å². The average molecular weight is 387 g/mol. The summed E-state index contributed by atoms with van der Waals surface area (Å²) in [5.41, 5.74) is 2.74. The second-order valence-electron chi connectivity index (χ2n) is 6.14. The topological polar surface area (TPSA) is 94.3 Å². The van der Waals surface area contributed by atoms with Gasteiger partial charge in [-0.3, -0.25) is 0 Å². The van der Waals surface area contributed by atoms with E-state index in [9.17, 15) is 8.42 Å². The highest BCUT2D eigenvalue weighted by Gasteiger charge is 2.15. The van der Waals surface area contributed by atoms with E-state index in [0.29, 0.717) is 23.9 Å². The molecule has 3 aromatic rings. The van der Waals surface area contributed by atoms with Crippen molar-refractivity contribution in [3.05, 3.63) is 59.5 Å². The van der Waals surface area contributed by atoms with Gasteiger partial charge in [-0.2, -0.15) is 4.98 Å². The molecule has 2 aromatic carbocycles. The lowest BCUT2D eigenvalue weighted by Gasteiger charge is -2.07. The number of aromatic nitrogens is 2. The number of aryl methyl sites for hydroxylation is 2. The monoisotopic (exact) mass is 387 g/mol. The van der Waals surface area contributed by atoms with Gasteiger partial charge in [-0.25, -0.2) is 13.1 Å². The van der Waals surface area contributed by atoms with Crippen LogP contribution in [0, 0.1) is 13.8 Å². The highest BCUT2D eigenvalue weighted by molar-refractivity contribution is 7.89. The maximum absolute atomic E-state index is 12.4. The Morgan fingerprint density at radius 1 is 1.11 bits per heavy atom. The third-order valence-electron chi connectivity index (χ3n) is 4.22. The van der Waals surface area contributed by atoms with Crippen LogP contribution in [0.2, 0.25) is 0 Å². The molecule has 27 heavy (non-hydrogen) atoms. The summed E-state index contributed by atoms with van der Waals surface area (Å²) >= 11 is 0. The number of hydrogen-bond donors (Lipinski definition) is 1. The first kappa shape index (κ1) is 19.1. The van der Waals surface area contributed by atoms with Crippen LogP contribution in [0.4, 0.5) is 0 Å².